The standard InChI is InChI=1S/C47H29N5/c48-30-34-26-33(41-29-40(31-14-4-1-5-15-31)49-47(50-41)32-16-6-2-7-17-32)24-25-42(34)52-44-23-13-11-21-37(44)39-27-45-38(28-46(39)52)36-20-10-12-22-43(36)51(45)35-18-8-3-9-19-35/h1-29H. The number of hydrogen-bond acceptors (Lipinski definition) is 3. The van der Waals surface area contributed by atoms with E-state index in [2.05, 4.69) is 130 Å². The largest absolute Gasteiger partial charge is 0.309 e. The van der Waals surface area contributed by atoms with Gasteiger partial charge >= 0.3 is 0 Å². The Morgan fingerprint density at radius 2 is 0.923 bits per heavy atom. The molecule has 0 radical (unpaired) electrons. The van der Waals surface area contributed by atoms with Crippen molar-refractivity contribution in [2.45, 2.75) is 0 Å². The lowest BCUT2D eigenvalue weighted by molar-refractivity contribution is 1.16. The van der Waals surface area contributed by atoms with Crippen molar-refractivity contribution >= 4 is 43.6 Å². The van der Waals surface area contributed by atoms with Crippen LogP contribution in [0, 0.1) is 11.3 Å². The summed E-state index contributed by atoms with van der Waals surface area (Å²) in [7, 11) is 0. The van der Waals surface area contributed by atoms with Crippen LogP contribution in [-0.2, 0) is 0 Å². The maximum absolute atomic E-state index is 10.7. The topological polar surface area (TPSA) is 59.4 Å². The number of hydrogen-bond donors (Lipinski definition) is 0. The second kappa shape index (κ2) is 11.9. The van der Waals surface area contributed by atoms with Crippen LogP contribution in [0.3, 0.4) is 0 Å². The number of nitriles is 1. The van der Waals surface area contributed by atoms with Gasteiger partial charge < -0.3 is 9.13 Å². The van der Waals surface area contributed by atoms with Crippen LogP contribution in [0.15, 0.2) is 176 Å². The Labute approximate surface area is 299 Å². The summed E-state index contributed by atoms with van der Waals surface area (Å²) in [4.78, 5) is 9.98. The fourth-order valence-electron chi connectivity index (χ4n) is 7.59. The molecule has 0 fully saturated rings. The number of fused-ring (bicyclic) bond motifs is 6. The van der Waals surface area contributed by atoms with Crippen molar-refractivity contribution in [3.63, 3.8) is 0 Å². The maximum Gasteiger partial charge on any atom is 0.160 e. The van der Waals surface area contributed by atoms with E-state index in [0.29, 0.717) is 11.4 Å². The van der Waals surface area contributed by atoms with E-state index < -0.39 is 0 Å². The summed E-state index contributed by atoms with van der Waals surface area (Å²) in [6.07, 6.45) is 0. The van der Waals surface area contributed by atoms with Crippen molar-refractivity contribution in [1.82, 2.24) is 19.1 Å². The maximum atomic E-state index is 10.7. The van der Waals surface area contributed by atoms with Gasteiger partial charge in [-0.25, -0.2) is 9.97 Å². The molecule has 0 aliphatic rings. The first-order chi connectivity index (χ1) is 25.7. The number of benzene rings is 7. The molecule has 0 unspecified atom stereocenters. The normalized spacial score (nSPS) is 11.4. The molecule has 0 spiro atoms. The van der Waals surface area contributed by atoms with E-state index >= 15 is 0 Å². The third-order valence-electron chi connectivity index (χ3n) is 9.96. The van der Waals surface area contributed by atoms with Crippen molar-refractivity contribution in [3.05, 3.63) is 181 Å². The molecule has 0 saturated heterocycles. The van der Waals surface area contributed by atoms with Gasteiger partial charge in [0.2, 0.25) is 0 Å². The van der Waals surface area contributed by atoms with Crippen molar-refractivity contribution in [3.8, 4) is 51.3 Å². The van der Waals surface area contributed by atoms with E-state index in [9.17, 15) is 5.26 Å². The zero-order chi connectivity index (χ0) is 34.6. The Bertz CT molecular complexity index is 2950. The van der Waals surface area contributed by atoms with Gasteiger partial charge in [-0.05, 0) is 54.6 Å². The Morgan fingerprint density at radius 1 is 0.404 bits per heavy atom. The highest BCUT2D eigenvalue weighted by Gasteiger charge is 2.20. The van der Waals surface area contributed by atoms with Crippen LogP contribution < -0.4 is 0 Å². The summed E-state index contributed by atoms with van der Waals surface area (Å²) < 4.78 is 4.59. The van der Waals surface area contributed by atoms with E-state index in [-0.39, 0.29) is 0 Å². The van der Waals surface area contributed by atoms with Crippen LogP contribution in [0.5, 0.6) is 0 Å². The second-order valence-electron chi connectivity index (χ2n) is 13.0. The van der Waals surface area contributed by atoms with Gasteiger partial charge in [-0.3, -0.25) is 0 Å². The molecule has 10 rings (SSSR count). The average molecular weight is 664 g/mol. The molecule has 0 amide bonds. The predicted molar refractivity (Wildman–Crippen MR) is 212 cm³/mol. The number of para-hydroxylation sites is 3. The fraction of sp³-hybridized carbons (Fsp3) is 0. The van der Waals surface area contributed by atoms with Crippen LogP contribution in [0.2, 0.25) is 0 Å². The highest BCUT2D eigenvalue weighted by atomic mass is 15.0. The van der Waals surface area contributed by atoms with Gasteiger partial charge in [0.15, 0.2) is 5.82 Å². The molecule has 0 N–H and O–H groups in total. The SMILES string of the molecule is N#Cc1cc(-c2cc(-c3ccccc3)nc(-c3ccccc3)n2)ccc1-n1c2ccccc2c2cc3c(cc21)c1ccccc1n3-c1ccccc1. The van der Waals surface area contributed by atoms with Crippen molar-refractivity contribution in [1.29, 1.82) is 5.26 Å². The summed E-state index contributed by atoms with van der Waals surface area (Å²) in [5, 5.41) is 15.3. The number of rotatable bonds is 5. The minimum Gasteiger partial charge on any atom is -0.309 e. The van der Waals surface area contributed by atoms with Gasteiger partial charge in [0.05, 0.1) is 44.7 Å². The third kappa shape index (κ3) is 4.70. The van der Waals surface area contributed by atoms with E-state index in [0.717, 1.165) is 77.7 Å². The Balaban J connectivity index is 1.20. The molecule has 0 atom stereocenters. The Kier molecular flexibility index (Phi) is 6.80. The predicted octanol–water partition coefficient (Wildman–Crippen LogP) is 11.5. The second-order valence-corrected chi connectivity index (χ2v) is 13.0. The molecular formula is C47H29N5. The van der Waals surface area contributed by atoms with Crippen LogP contribution in [0.4, 0.5) is 0 Å². The van der Waals surface area contributed by atoms with Gasteiger partial charge in [0, 0.05) is 43.9 Å². The van der Waals surface area contributed by atoms with E-state index in [1.165, 1.54) is 5.39 Å². The van der Waals surface area contributed by atoms with Gasteiger partial charge in [-0.1, -0.05) is 121 Å². The van der Waals surface area contributed by atoms with Crippen LogP contribution in [0.25, 0.3) is 88.9 Å². The van der Waals surface area contributed by atoms with Gasteiger partial charge in [0.25, 0.3) is 0 Å². The summed E-state index contributed by atoms with van der Waals surface area (Å²) in [6, 6.07) is 63.0. The van der Waals surface area contributed by atoms with Crippen molar-refractivity contribution < 1.29 is 0 Å². The lowest BCUT2D eigenvalue weighted by atomic mass is 10.0. The third-order valence-corrected chi connectivity index (χ3v) is 9.96. The molecule has 242 valence electrons. The molecule has 0 saturated carbocycles. The smallest absolute Gasteiger partial charge is 0.160 e. The highest BCUT2D eigenvalue weighted by molar-refractivity contribution is 6.19. The minimum absolute atomic E-state index is 0.563. The molecule has 0 bridgehead atoms. The molecule has 0 aliphatic heterocycles. The first-order valence-corrected chi connectivity index (χ1v) is 17.3. The molecule has 52 heavy (non-hydrogen) atoms. The molecule has 7 aromatic carbocycles. The molecule has 5 nitrogen and oxygen atoms in total. The number of aromatic nitrogens is 4. The zero-order valence-corrected chi connectivity index (χ0v) is 28.0. The summed E-state index contributed by atoms with van der Waals surface area (Å²) in [5.41, 5.74) is 11.3. The highest BCUT2D eigenvalue weighted by Crippen LogP contribution is 2.40. The zero-order valence-electron chi connectivity index (χ0n) is 28.0. The Hall–Kier alpha value is -7.29. The molecule has 0 aliphatic carbocycles. The van der Waals surface area contributed by atoms with E-state index in [4.69, 9.17) is 9.97 Å². The van der Waals surface area contributed by atoms with Crippen molar-refractivity contribution in [2.75, 3.05) is 0 Å². The van der Waals surface area contributed by atoms with Gasteiger partial charge in [-0.2, -0.15) is 5.26 Å². The van der Waals surface area contributed by atoms with Gasteiger partial charge in [0.1, 0.15) is 6.07 Å². The fourth-order valence-corrected chi connectivity index (χ4v) is 7.59. The van der Waals surface area contributed by atoms with Crippen molar-refractivity contribution in [2.24, 2.45) is 0 Å². The quantitative estimate of drug-likeness (QED) is 0.184. The first-order valence-electron chi connectivity index (χ1n) is 17.3. The lowest BCUT2D eigenvalue weighted by Crippen LogP contribution is -2.00. The molecule has 3 heterocycles. The van der Waals surface area contributed by atoms with E-state index in [1.807, 2.05) is 60.7 Å². The van der Waals surface area contributed by atoms with Gasteiger partial charge in [-0.15, -0.1) is 0 Å². The number of nitrogens with zero attached hydrogens (tertiary/aromatic N) is 5. The minimum atomic E-state index is 0.563. The molecule has 10 aromatic rings. The lowest BCUT2D eigenvalue weighted by Gasteiger charge is -2.13. The monoisotopic (exact) mass is 663 g/mol. The van der Waals surface area contributed by atoms with Crippen LogP contribution in [-0.4, -0.2) is 19.1 Å². The van der Waals surface area contributed by atoms with E-state index in [1.54, 1.807) is 0 Å². The first kappa shape index (κ1) is 29.6. The average Bonchev–Trinajstić information content (AvgIpc) is 3.72. The molecule has 3 aromatic heterocycles. The summed E-state index contributed by atoms with van der Waals surface area (Å²) >= 11 is 0. The molecular weight excluding hydrogens is 635 g/mol. The Morgan fingerprint density at radius 3 is 1.56 bits per heavy atom. The summed E-state index contributed by atoms with van der Waals surface area (Å²) in [5.74, 6) is 0.639. The molecule has 5 heteroatoms. The van der Waals surface area contributed by atoms with Crippen LogP contribution >= 0.6 is 0 Å². The van der Waals surface area contributed by atoms with Crippen LogP contribution in [0.1, 0.15) is 5.56 Å². The summed E-state index contributed by atoms with van der Waals surface area (Å²) in [6.45, 7) is 0.